The molecule has 1 spiro atoms. The molecule has 16 heavy (non-hydrogen) atoms. The normalized spacial score (nSPS) is 21.3. The number of fused-ring (bicyclic) bond motifs is 2. The Morgan fingerprint density at radius 1 is 1.19 bits per heavy atom. The molecule has 84 valence electrons. The lowest BCUT2D eigenvalue weighted by atomic mass is 9.85. The number of carbonyl (C=O) groups excluding carboxylic acids is 1. The highest BCUT2D eigenvalue weighted by Crippen LogP contribution is 2.56. The Hall–Kier alpha value is -1.11. The summed E-state index contributed by atoms with van der Waals surface area (Å²) >= 11 is 0. The SMILES string of the molecule is CC(C)(C)c1ccc2c(c1)C(=O)CC21CC1. The van der Waals surface area contributed by atoms with Crippen LogP contribution in [0.15, 0.2) is 18.2 Å². The third kappa shape index (κ3) is 1.27. The highest BCUT2D eigenvalue weighted by atomic mass is 16.1. The quantitative estimate of drug-likeness (QED) is 0.645. The van der Waals surface area contributed by atoms with Crippen molar-refractivity contribution in [3.05, 3.63) is 34.9 Å². The zero-order valence-electron chi connectivity index (χ0n) is 10.3. The van der Waals surface area contributed by atoms with Crippen LogP contribution in [0, 0.1) is 0 Å². The van der Waals surface area contributed by atoms with Crippen molar-refractivity contribution in [2.45, 2.75) is 50.9 Å². The molecule has 1 fully saturated rings. The molecule has 0 bridgehead atoms. The molecule has 1 saturated carbocycles. The van der Waals surface area contributed by atoms with Crippen LogP contribution in [0.5, 0.6) is 0 Å². The molecular weight excluding hydrogens is 196 g/mol. The molecule has 1 aromatic carbocycles. The Bertz CT molecular complexity index is 473. The van der Waals surface area contributed by atoms with Gasteiger partial charge in [-0.05, 0) is 35.4 Å². The average Bonchev–Trinajstić information content (AvgIpc) is 2.90. The molecule has 1 nitrogen and oxygen atoms in total. The van der Waals surface area contributed by atoms with E-state index in [0.29, 0.717) is 5.78 Å². The van der Waals surface area contributed by atoms with E-state index in [4.69, 9.17) is 0 Å². The Kier molecular flexibility index (Phi) is 1.74. The van der Waals surface area contributed by atoms with Crippen LogP contribution >= 0.6 is 0 Å². The van der Waals surface area contributed by atoms with E-state index in [1.54, 1.807) is 0 Å². The van der Waals surface area contributed by atoms with Gasteiger partial charge in [-0.1, -0.05) is 32.9 Å². The van der Waals surface area contributed by atoms with E-state index in [1.807, 2.05) is 0 Å². The second-order valence-corrected chi connectivity index (χ2v) is 6.39. The molecule has 2 aliphatic rings. The Labute approximate surface area is 96.9 Å². The fraction of sp³-hybridized carbons (Fsp3) is 0.533. The lowest BCUT2D eigenvalue weighted by Gasteiger charge is -2.20. The first kappa shape index (κ1) is 10.1. The van der Waals surface area contributed by atoms with Gasteiger partial charge in [0.2, 0.25) is 0 Å². The molecule has 1 heteroatoms. The van der Waals surface area contributed by atoms with Crippen molar-refractivity contribution in [1.29, 1.82) is 0 Å². The van der Waals surface area contributed by atoms with E-state index >= 15 is 0 Å². The minimum Gasteiger partial charge on any atom is -0.294 e. The summed E-state index contributed by atoms with van der Waals surface area (Å²) in [5.74, 6) is 0.360. The van der Waals surface area contributed by atoms with E-state index < -0.39 is 0 Å². The fourth-order valence-electron chi connectivity index (χ4n) is 2.80. The van der Waals surface area contributed by atoms with Gasteiger partial charge in [-0.25, -0.2) is 0 Å². The predicted molar refractivity (Wildman–Crippen MR) is 65.0 cm³/mol. The third-order valence-corrected chi connectivity index (χ3v) is 4.11. The lowest BCUT2D eigenvalue weighted by Crippen LogP contribution is -2.12. The second kappa shape index (κ2) is 2.77. The summed E-state index contributed by atoms with van der Waals surface area (Å²) < 4.78 is 0. The van der Waals surface area contributed by atoms with Crippen molar-refractivity contribution in [3.8, 4) is 0 Å². The smallest absolute Gasteiger partial charge is 0.164 e. The summed E-state index contributed by atoms with van der Waals surface area (Å²) in [4.78, 5) is 12.0. The van der Waals surface area contributed by atoms with E-state index in [1.165, 1.54) is 24.0 Å². The molecule has 0 aliphatic heterocycles. The van der Waals surface area contributed by atoms with Gasteiger partial charge in [0, 0.05) is 17.4 Å². The summed E-state index contributed by atoms with van der Waals surface area (Å²) in [7, 11) is 0. The number of carbonyl (C=O) groups is 1. The van der Waals surface area contributed by atoms with Crippen molar-refractivity contribution in [3.63, 3.8) is 0 Å². The van der Waals surface area contributed by atoms with Gasteiger partial charge in [-0.15, -0.1) is 0 Å². The summed E-state index contributed by atoms with van der Waals surface area (Å²) in [5, 5.41) is 0. The minimum absolute atomic E-state index is 0.134. The van der Waals surface area contributed by atoms with Crippen LogP contribution < -0.4 is 0 Å². The summed E-state index contributed by atoms with van der Waals surface area (Å²) in [6.07, 6.45) is 3.18. The third-order valence-electron chi connectivity index (χ3n) is 4.11. The zero-order valence-corrected chi connectivity index (χ0v) is 10.3. The highest BCUT2D eigenvalue weighted by Gasteiger charge is 2.52. The Balaban J connectivity index is 2.13. The fourth-order valence-corrected chi connectivity index (χ4v) is 2.80. The number of ketones is 1. The molecule has 0 saturated heterocycles. The maximum Gasteiger partial charge on any atom is 0.164 e. The van der Waals surface area contributed by atoms with Gasteiger partial charge in [0.1, 0.15) is 0 Å². The first-order valence-electron chi connectivity index (χ1n) is 6.11. The molecular formula is C15H18O. The van der Waals surface area contributed by atoms with Crippen molar-refractivity contribution >= 4 is 5.78 Å². The van der Waals surface area contributed by atoms with Gasteiger partial charge in [0.15, 0.2) is 5.78 Å². The number of hydrogen-bond donors (Lipinski definition) is 0. The monoisotopic (exact) mass is 214 g/mol. The van der Waals surface area contributed by atoms with Gasteiger partial charge in [0.25, 0.3) is 0 Å². The van der Waals surface area contributed by atoms with Crippen LogP contribution in [-0.4, -0.2) is 5.78 Å². The van der Waals surface area contributed by atoms with Crippen molar-refractivity contribution in [2.75, 3.05) is 0 Å². The Morgan fingerprint density at radius 3 is 2.44 bits per heavy atom. The van der Waals surface area contributed by atoms with E-state index in [9.17, 15) is 4.79 Å². The minimum atomic E-state index is 0.134. The topological polar surface area (TPSA) is 17.1 Å². The largest absolute Gasteiger partial charge is 0.294 e. The van der Waals surface area contributed by atoms with Gasteiger partial charge >= 0.3 is 0 Å². The summed E-state index contributed by atoms with van der Waals surface area (Å²) in [5.41, 5.74) is 4.00. The van der Waals surface area contributed by atoms with E-state index in [-0.39, 0.29) is 10.8 Å². The molecule has 0 atom stereocenters. The van der Waals surface area contributed by atoms with Crippen LogP contribution in [-0.2, 0) is 10.8 Å². The second-order valence-electron chi connectivity index (χ2n) is 6.39. The predicted octanol–water partition coefficient (Wildman–Crippen LogP) is 3.60. The first-order valence-corrected chi connectivity index (χ1v) is 6.11. The van der Waals surface area contributed by atoms with Gasteiger partial charge in [-0.3, -0.25) is 4.79 Å². The molecule has 2 aliphatic carbocycles. The molecule has 0 radical (unpaired) electrons. The molecule has 0 aromatic heterocycles. The van der Waals surface area contributed by atoms with Crippen molar-refractivity contribution in [1.82, 2.24) is 0 Å². The van der Waals surface area contributed by atoms with E-state index in [0.717, 1.165) is 12.0 Å². The molecule has 3 rings (SSSR count). The Morgan fingerprint density at radius 2 is 1.88 bits per heavy atom. The molecule has 0 heterocycles. The van der Waals surface area contributed by atoms with Gasteiger partial charge in [0.05, 0.1) is 0 Å². The van der Waals surface area contributed by atoms with Crippen LogP contribution in [0.4, 0.5) is 0 Å². The van der Waals surface area contributed by atoms with E-state index in [2.05, 4.69) is 39.0 Å². The van der Waals surface area contributed by atoms with Gasteiger partial charge < -0.3 is 0 Å². The maximum absolute atomic E-state index is 12.0. The number of rotatable bonds is 0. The van der Waals surface area contributed by atoms with Crippen LogP contribution in [0.25, 0.3) is 0 Å². The lowest BCUT2D eigenvalue weighted by molar-refractivity contribution is 0.0986. The van der Waals surface area contributed by atoms with Gasteiger partial charge in [-0.2, -0.15) is 0 Å². The molecule has 0 amide bonds. The maximum atomic E-state index is 12.0. The average molecular weight is 214 g/mol. The highest BCUT2D eigenvalue weighted by molar-refractivity contribution is 6.03. The number of hydrogen-bond acceptors (Lipinski definition) is 1. The number of benzene rings is 1. The van der Waals surface area contributed by atoms with Crippen LogP contribution in [0.2, 0.25) is 0 Å². The zero-order chi connectivity index (χ0) is 11.6. The van der Waals surface area contributed by atoms with Crippen molar-refractivity contribution < 1.29 is 4.79 Å². The summed E-state index contributed by atoms with van der Waals surface area (Å²) in [6, 6.07) is 6.54. The van der Waals surface area contributed by atoms with Crippen molar-refractivity contribution in [2.24, 2.45) is 0 Å². The standard InChI is InChI=1S/C15H18O/c1-14(2,3)10-4-5-12-11(8-10)13(16)9-15(12)6-7-15/h4-5,8H,6-7,9H2,1-3H3. The molecule has 1 aromatic rings. The first-order chi connectivity index (χ1) is 7.42. The molecule has 0 N–H and O–H groups in total. The number of Topliss-reactive ketones (excluding diaryl/α,β-unsaturated/α-hetero) is 1. The molecule has 0 unspecified atom stereocenters. The van der Waals surface area contributed by atoms with Crippen LogP contribution in [0.1, 0.15) is 61.5 Å². The summed E-state index contributed by atoms with van der Waals surface area (Å²) in [6.45, 7) is 6.59. The van der Waals surface area contributed by atoms with Crippen LogP contribution in [0.3, 0.4) is 0 Å².